The van der Waals surface area contributed by atoms with Crippen LogP contribution in [0.1, 0.15) is 174 Å². The fourth-order valence-corrected chi connectivity index (χ4v) is 6.38. The molecule has 0 rings (SSSR count). The van der Waals surface area contributed by atoms with Crippen LogP contribution in [0.4, 0.5) is 0 Å². The molecule has 0 aliphatic heterocycles. The Morgan fingerprint density at radius 2 is 1.19 bits per heavy atom. The van der Waals surface area contributed by atoms with Crippen molar-refractivity contribution in [3.63, 3.8) is 0 Å². The number of carbonyl (C=O) groups excluding carboxylic acids is 2. The fourth-order valence-electron chi connectivity index (χ4n) is 5.62. The lowest BCUT2D eigenvalue weighted by molar-refractivity contribution is -0.161. The van der Waals surface area contributed by atoms with Gasteiger partial charge in [0.2, 0.25) is 0 Å². The highest BCUT2D eigenvalue weighted by Crippen LogP contribution is 2.43. The Morgan fingerprint density at radius 1 is 0.648 bits per heavy atom. The molecule has 0 aromatic carbocycles. The van der Waals surface area contributed by atoms with Crippen molar-refractivity contribution in [2.24, 2.45) is 5.73 Å². The van der Waals surface area contributed by atoms with E-state index in [1.165, 1.54) is 70.6 Å². The van der Waals surface area contributed by atoms with Gasteiger partial charge >= 0.3 is 19.8 Å². The highest BCUT2D eigenvalue weighted by atomic mass is 31.2. The molecule has 0 radical (unpaired) electrons. The van der Waals surface area contributed by atoms with Crippen LogP contribution in [-0.4, -0.2) is 60.5 Å². The van der Waals surface area contributed by atoms with Gasteiger partial charge in [0.1, 0.15) is 6.61 Å². The summed E-state index contributed by atoms with van der Waals surface area (Å²) in [5.74, 6) is -0.919. The van der Waals surface area contributed by atoms with Crippen LogP contribution < -0.4 is 5.73 Å². The molecule has 11 heteroatoms. The molecule has 4 N–H and O–H groups in total. The lowest BCUT2D eigenvalue weighted by Crippen LogP contribution is -2.29. The van der Waals surface area contributed by atoms with E-state index in [1.54, 1.807) is 0 Å². The van der Waals surface area contributed by atoms with E-state index in [2.05, 4.69) is 26.0 Å². The number of aliphatic hydroxyl groups is 1. The first kappa shape index (κ1) is 51.9. The van der Waals surface area contributed by atoms with Crippen molar-refractivity contribution in [3.8, 4) is 0 Å². The Morgan fingerprint density at radius 3 is 1.80 bits per heavy atom. The SMILES string of the molecule is CCCCCCCCCCCCCCCCCC(=O)O[C@H](COC(=O)CCC/C=C\C/C=C\C/C=C\C=C\[C@H](O)CCCCC)COP(=O)(O)OCCN. The van der Waals surface area contributed by atoms with E-state index >= 15 is 0 Å². The number of carbonyl (C=O) groups is 2. The number of ether oxygens (including phenoxy) is 2. The minimum absolute atomic E-state index is 0.0388. The number of hydrogen-bond donors (Lipinski definition) is 3. The van der Waals surface area contributed by atoms with E-state index in [9.17, 15) is 24.2 Å². The Bertz CT molecular complexity index is 1050. The third-order valence-corrected chi connectivity index (χ3v) is 9.81. The highest BCUT2D eigenvalue weighted by molar-refractivity contribution is 7.47. The number of phosphoric ester groups is 1. The molecule has 0 bridgehead atoms. The van der Waals surface area contributed by atoms with Gasteiger partial charge in [-0.25, -0.2) is 4.57 Å². The van der Waals surface area contributed by atoms with Crippen LogP contribution >= 0.6 is 7.82 Å². The van der Waals surface area contributed by atoms with Crippen LogP contribution in [0.25, 0.3) is 0 Å². The van der Waals surface area contributed by atoms with Gasteiger partial charge in [-0.3, -0.25) is 18.6 Å². The van der Waals surface area contributed by atoms with E-state index in [-0.39, 0.29) is 38.7 Å². The smallest absolute Gasteiger partial charge is 0.462 e. The summed E-state index contributed by atoms with van der Waals surface area (Å²) in [7, 11) is -4.40. The molecular weight excluding hydrogens is 705 g/mol. The van der Waals surface area contributed by atoms with Crippen molar-refractivity contribution < 1.29 is 42.7 Å². The monoisotopic (exact) mass is 784 g/mol. The third-order valence-electron chi connectivity index (χ3n) is 8.82. The van der Waals surface area contributed by atoms with Gasteiger partial charge in [-0.05, 0) is 38.5 Å². The van der Waals surface area contributed by atoms with Gasteiger partial charge in [0.15, 0.2) is 6.10 Å². The molecule has 0 aliphatic carbocycles. The van der Waals surface area contributed by atoms with Crippen LogP contribution in [0.15, 0.2) is 48.6 Å². The fraction of sp³-hybridized carbons (Fsp3) is 0.767. The van der Waals surface area contributed by atoms with E-state index in [1.807, 2.05) is 36.5 Å². The van der Waals surface area contributed by atoms with Gasteiger partial charge in [-0.1, -0.05) is 172 Å². The summed E-state index contributed by atoms with van der Waals surface area (Å²) in [6.45, 7) is 3.53. The summed E-state index contributed by atoms with van der Waals surface area (Å²) in [5.41, 5.74) is 5.34. The number of esters is 2. The molecule has 0 aliphatic rings. The molecule has 0 saturated heterocycles. The quantitative estimate of drug-likeness (QED) is 0.0180. The molecule has 0 heterocycles. The van der Waals surface area contributed by atoms with E-state index in [0.717, 1.165) is 57.8 Å². The standard InChI is InChI=1S/C43H78NO9P/c1-3-5-7-8-9-10-11-12-13-14-17-21-24-27-31-35-43(47)53-41(39-52-54(48,49)51-37-36-44)38-50-42(46)34-30-26-23-20-18-15-16-19-22-25-29-33-40(45)32-28-6-4-2/h15-16,20,22-23,25,29,33,40-41,45H,3-14,17-19,21,24,26-28,30-32,34-39,44H2,1-2H3,(H,48,49)/b16-15-,23-20-,25-22-,33-29+/t40-,41-/m1/s1. The van der Waals surface area contributed by atoms with Crippen LogP contribution in [0, 0.1) is 0 Å². The number of hydrogen-bond acceptors (Lipinski definition) is 9. The maximum absolute atomic E-state index is 12.6. The second-order valence-corrected chi connectivity index (χ2v) is 15.5. The molecule has 0 aromatic rings. The molecule has 54 heavy (non-hydrogen) atoms. The summed E-state index contributed by atoms with van der Waals surface area (Å²) in [6, 6.07) is 0. The van der Waals surface area contributed by atoms with E-state index in [4.69, 9.17) is 24.3 Å². The molecule has 0 amide bonds. The highest BCUT2D eigenvalue weighted by Gasteiger charge is 2.26. The maximum Gasteiger partial charge on any atom is 0.472 e. The molecule has 10 nitrogen and oxygen atoms in total. The summed E-state index contributed by atoms with van der Waals surface area (Å²) < 4.78 is 32.7. The lowest BCUT2D eigenvalue weighted by Gasteiger charge is -2.19. The molecule has 1 unspecified atom stereocenters. The van der Waals surface area contributed by atoms with Crippen LogP contribution in [0.5, 0.6) is 0 Å². The molecule has 0 saturated carbocycles. The Balaban J connectivity index is 4.30. The maximum atomic E-state index is 12.6. The van der Waals surface area contributed by atoms with E-state index in [0.29, 0.717) is 19.3 Å². The van der Waals surface area contributed by atoms with Gasteiger partial charge < -0.3 is 25.2 Å². The van der Waals surface area contributed by atoms with Crippen LogP contribution in [0.3, 0.4) is 0 Å². The Hall–Kier alpha value is -2.07. The minimum Gasteiger partial charge on any atom is -0.462 e. The summed E-state index contributed by atoms with van der Waals surface area (Å²) >= 11 is 0. The molecule has 0 spiro atoms. The number of unbranched alkanes of at least 4 members (excludes halogenated alkanes) is 17. The second kappa shape index (κ2) is 39.2. The summed E-state index contributed by atoms with van der Waals surface area (Å²) in [5, 5.41) is 9.88. The Kier molecular flexibility index (Phi) is 37.7. The van der Waals surface area contributed by atoms with Crippen molar-refractivity contribution in [2.75, 3.05) is 26.4 Å². The second-order valence-electron chi connectivity index (χ2n) is 14.1. The number of allylic oxidation sites excluding steroid dienone is 7. The minimum atomic E-state index is -4.40. The van der Waals surface area contributed by atoms with Crippen LogP contribution in [-0.2, 0) is 32.7 Å². The van der Waals surface area contributed by atoms with Gasteiger partial charge in [0.05, 0.1) is 19.3 Å². The van der Waals surface area contributed by atoms with E-state index < -0.39 is 32.5 Å². The number of rotatable bonds is 39. The predicted octanol–water partition coefficient (Wildman–Crippen LogP) is 10.9. The zero-order valence-corrected chi connectivity index (χ0v) is 35.0. The van der Waals surface area contributed by atoms with Gasteiger partial charge in [0, 0.05) is 19.4 Å². The van der Waals surface area contributed by atoms with Crippen molar-refractivity contribution in [1.82, 2.24) is 0 Å². The molecular formula is C43H78NO9P. The molecule has 314 valence electrons. The third kappa shape index (κ3) is 38.2. The summed E-state index contributed by atoms with van der Waals surface area (Å²) in [6.07, 6.45) is 40.4. The molecule has 0 fully saturated rings. The molecule has 3 atom stereocenters. The number of nitrogens with two attached hydrogens (primary N) is 1. The summed E-state index contributed by atoms with van der Waals surface area (Å²) in [4.78, 5) is 34.8. The number of aliphatic hydroxyl groups excluding tert-OH is 1. The average Bonchev–Trinajstić information content (AvgIpc) is 3.15. The van der Waals surface area contributed by atoms with Crippen molar-refractivity contribution in [2.45, 2.75) is 187 Å². The first-order valence-electron chi connectivity index (χ1n) is 21.2. The average molecular weight is 784 g/mol. The largest absolute Gasteiger partial charge is 0.472 e. The predicted molar refractivity (Wildman–Crippen MR) is 221 cm³/mol. The van der Waals surface area contributed by atoms with Crippen LogP contribution in [0.2, 0.25) is 0 Å². The Labute approximate surface area is 329 Å². The van der Waals surface area contributed by atoms with Gasteiger partial charge in [-0.2, -0.15) is 0 Å². The normalized spacial score (nSPS) is 14.4. The zero-order chi connectivity index (χ0) is 39.8. The zero-order valence-electron chi connectivity index (χ0n) is 34.1. The molecule has 0 aromatic heterocycles. The number of phosphoric acid groups is 1. The van der Waals surface area contributed by atoms with Gasteiger partial charge in [0.25, 0.3) is 0 Å². The topological polar surface area (TPSA) is 155 Å². The first-order chi connectivity index (χ1) is 26.2. The lowest BCUT2D eigenvalue weighted by atomic mass is 10.0. The van der Waals surface area contributed by atoms with Crippen molar-refractivity contribution in [1.29, 1.82) is 0 Å². The van der Waals surface area contributed by atoms with Gasteiger partial charge in [-0.15, -0.1) is 0 Å². The first-order valence-corrected chi connectivity index (χ1v) is 22.7. The van der Waals surface area contributed by atoms with Crippen molar-refractivity contribution >= 4 is 19.8 Å². The van der Waals surface area contributed by atoms with Crippen molar-refractivity contribution in [3.05, 3.63) is 48.6 Å².